The van der Waals surface area contributed by atoms with Gasteiger partial charge in [0.25, 0.3) is 0 Å². The van der Waals surface area contributed by atoms with Gasteiger partial charge in [0.05, 0.1) is 0 Å². The van der Waals surface area contributed by atoms with E-state index in [0.717, 1.165) is 42.8 Å². The molecule has 27 heavy (non-hydrogen) atoms. The molecule has 2 heterocycles. The smallest absolute Gasteiger partial charge is 0.404 e. The zero-order valence-corrected chi connectivity index (χ0v) is 15.5. The minimum atomic E-state index is -0.763. The fourth-order valence-corrected chi connectivity index (χ4v) is 3.85. The number of primary amides is 1. The summed E-state index contributed by atoms with van der Waals surface area (Å²) in [6.07, 6.45) is 1.32. The van der Waals surface area contributed by atoms with E-state index >= 15 is 0 Å². The van der Waals surface area contributed by atoms with Gasteiger partial charge in [-0.05, 0) is 54.3 Å². The zero-order valence-electron chi connectivity index (χ0n) is 15.5. The molecule has 0 aromatic heterocycles. The van der Waals surface area contributed by atoms with Crippen molar-refractivity contribution in [1.82, 2.24) is 4.90 Å². The van der Waals surface area contributed by atoms with Crippen LogP contribution in [-0.4, -0.2) is 31.1 Å². The van der Waals surface area contributed by atoms with Gasteiger partial charge in [0.1, 0.15) is 19.0 Å². The van der Waals surface area contributed by atoms with Crippen LogP contribution in [0.1, 0.15) is 35.1 Å². The average molecular weight is 364 g/mol. The van der Waals surface area contributed by atoms with E-state index in [1.807, 2.05) is 12.1 Å². The number of benzene rings is 2. The van der Waals surface area contributed by atoms with E-state index < -0.39 is 6.09 Å². The third-order valence-electron chi connectivity index (χ3n) is 5.31. The van der Waals surface area contributed by atoms with Crippen molar-refractivity contribution < 1.29 is 14.3 Å². The van der Waals surface area contributed by atoms with E-state index in [4.69, 9.17) is 15.2 Å². The highest BCUT2D eigenvalue weighted by molar-refractivity contribution is 5.87. The normalized spacial score (nSPS) is 16.8. The Hall–Kier alpha value is -2.79. The highest BCUT2D eigenvalue weighted by Crippen LogP contribution is 2.41. The van der Waals surface area contributed by atoms with E-state index in [9.17, 15) is 4.79 Å². The van der Waals surface area contributed by atoms with Crippen molar-refractivity contribution in [1.29, 1.82) is 0 Å². The predicted octanol–water partition coefficient (Wildman–Crippen LogP) is 3.70. The molecule has 1 fully saturated rings. The van der Waals surface area contributed by atoms with E-state index in [1.165, 1.54) is 22.3 Å². The number of rotatable bonds is 2. The van der Waals surface area contributed by atoms with Gasteiger partial charge < -0.3 is 20.1 Å². The van der Waals surface area contributed by atoms with Crippen molar-refractivity contribution in [3.05, 3.63) is 70.3 Å². The summed E-state index contributed by atoms with van der Waals surface area (Å²) in [5, 5.41) is 0. The molecular weight excluding hydrogens is 340 g/mol. The minimum absolute atomic E-state index is 0.162. The van der Waals surface area contributed by atoms with Crippen molar-refractivity contribution in [2.24, 2.45) is 5.73 Å². The maximum atomic E-state index is 11.0. The molecule has 1 saturated heterocycles. The molecule has 2 aliphatic rings. The second kappa shape index (κ2) is 7.45. The molecule has 2 N–H and O–H groups in total. The van der Waals surface area contributed by atoms with Crippen LogP contribution in [0.3, 0.4) is 0 Å². The number of amides is 1. The van der Waals surface area contributed by atoms with Crippen LogP contribution in [0.5, 0.6) is 5.75 Å². The van der Waals surface area contributed by atoms with Crippen LogP contribution < -0.4 is 10.5 Å². The molecule has 0 atom stereocenters. The van der Waals surface area contributed by atoms with Gasteiger partial charge in [-0.25, -0.2) is 4.79 Å². The molecule has 0 unspecified atom stereocenters. The van der Waals surface area contributed by atoms with Gasteiger partial charge in [0.2, 0.25) is 0 Å². The molecule has 5 nitrogen and oxygen atoms in total. The minimum Gasteiger partial charge on any atom is -0.488 e. The molecule has 4 rings (SSSR count). The Bertz CT molecular complexity index is 894. The van der Waals surface area contributed by atoms with Gasteiger partial charge in [-0.3, -0.25) is 0 Å². The molecular formula is C22H24N2O3. The zero-order chi connectivity index (χ0) is 18.8. The summed E-state index contributed by atoms with van der Waals surface area (Å²) in [5.41, 5.74) is 12.3. The standard InChI is InChI=1S/C22H24N2O3/c1-24-10-8-16(9-11-24)21-18-5-3-2-4-17(18)14-26-20-7-6-15(12-19(20)21)13-27-22(23)25/h2-7,12H,8-11,13-14H2,1H3,(H2,23,25). The SMILES string of the molecule is CN1CCC(=C2c3ccccc3COc3ccc(COC(N)=O)cc32)CC1. The average Bonchev–Trinajstić information content (AvgIpc) is 2.84. The fourth-order valence-electron chi connectivity index (χ4n) is 3.85. The Morgan fingerprint density at radius 1 is 1.15 bits per heavy atom. The third-order valence-corrected chi connectivity index (χ3v) is 5.31. The van der Waals surface area contributed by atoms with Crippen molar-refractivity contribution in [2.45, 2.75) is 26.1 Å². The lowest BCUT2D eigenvalue weighted by Crippen LogP contribution is -2.27. The number of piperidine rings is 1. The van der Waals surface area contributed by atoms with Crippen molar-refractivity contribution >= 4 is 11.7 Å². The topological polar surface area (TPSA) is 64.8 Å². The molecule has 0 saturated carbocycles. The van der Waals surface area contributed by atoms with Crippen molar-refractivity contribution in [2.75, 3.05) is 20.1 Å². The molecule has 2 aromatic carbocycles. The number of nitrogens with zero attached hydrogens (tertiary/aromatic N) is 1. The summed E-state index contributed by atoms with van der Waals surface area (Å²) in [4.78, 5) is 13.3. The largest absolute Gasteiger partial charge is 0.488 e. The van der Waals surface area contributed by atoms with Crippen molar-refractivity contribution in [3.8, 4) is 5.75 Å². The highest BCUT2D eigenvalue weighted by atomic mass is 16.5. The first-order chi connectivity index (χ1) is 13.1. The predicted molar refractivity (Wildman–Crippen MR) is 104 cm³/mol. The van der Waals surface area contributed by atoms with Crippen LogP contribution in [0.15, 0.2) is 48.0 Å². The lowest BCUT2D eigenvalue weighted by Gasteiger charge is -2.27. The Kier molecular flexibility index (Phi) is 4.86. The van der Waals surface area contributed by atoms with Crippen LogP contribution in [0.25, 0.3) is 5.57 Å². The van der Waals surface area contributed by atoms with Crippen LogP contribution in [-0.2, 0) is 18.0 Å². The van der Waals surface area contributed by atoms with Gasteiger partial charge in [-0.15, -0.1) is 0 Å². The van der Waals surface area contributed by atoms with Crippen LogP contribution >= 0.6 is 0 Å². The number of hydrogen-bond acceptors (Lipinski definition) is 4. The van der Waals surface area contributed by atoms with E-state index in [2.05, 4.69) is 42.3 Å². The first kappa shape index (κ1) is 17.6. The monoisotopic (exact) mass is 364 g/mol. The second-order valence-electron chi connectivity index (χ2n) is 7.17. The number of hydrogen-bond donors (Lipinski definition) is 1. The van der Waals surface area contributed by atoms with Crippen LogP contribution in [0.4, 0.5) is 4.79 Å². The Morgan fingerprint density at radius 3 is 2.70 bits per heavy atom. The quantitative estimate of drug-likeness (QED) is 0.882. The summed E-state index contributed by atoms with van der Waals surface area (Å²) in [5.74, 6) is 0.871. The number of nitrogens with two attached hydrogens (primary N) is 1. The number of carbonyl (C=O) groups excluding carboxylic acids is 1. The molecule has 0 bridgehead atoms. The molecule has 0 aliphatic carbocycles. The van der Waals surface area contributed by atoms with E-state index in [-0.39, 0.29) is 6.61 Å². The van der Waals surface area contributed by atoms with E-state index in [0.29, 0.717) is 6.61 Å². The second-order valence-corrected chi connectivity index (χ2v) is 7.17. The number of fused-ring (bicyclic) bond motifs is 2. The van der Waals surface area contributed by atoms with Crippen molar-refractivity contribution in [3.63, 3.8) is 0 Å². The maximum Gasteiger partial charge on any atom is 0.404 e. The lowest BCUT2D eigenvalue weighted by molar-refractivity contribution is 0.150. The van der Waals surface area contributed by atoms with E-state index in [1.54, 1.807) is 0 Å². The fraction of sp³-hybridized carbons (Fsp3) is 0.318. The van der Waals surface area contributed by atoms with Gasteiger partial charge in [-0.2, -0.15) is 0 Å². The summed E-state index contributed by atoms with van der Waals surface area (Å²) in [6, 6.07) is 14.4. The number of ether oxygens (including phenoxy) is 2. The molecule has 5 heteroatoms. The molecule has 0 radical (unpaired) electrons. The molecule has 0 spiro atoms. The highest BCUT2D eigenvalue weighted by Gasteiger charge is 2.24. The Balaban J connectivity index is 1.84. The van der Waals surface area contributed by atoms with Gasteiger partial charge in [0, 0.05) is 18.7 Å². The summed E-state index contributed by atoms with van der Waals surface area (Å²) < 4.78 is 11.1. The van der Waals surface area contributed by atoms with Gasteiger partial charge >= 0.3 is 6.09 Å². The van der Waals surface area contributed by atoms with Gasteiger partial charge in [-0.1, -0.05) is 35.9 Å². The van der Waals surface area contributed by atoms with Crippen LogP contribution in [0, 0.1) is 0 Å². The summed E-state index contributed by atoms with van der Waals surface area (Å²) in [7, 11) is 2.17. The number of carbonyl (C=O) groups is 1. The molecule has 140 valence electrons. The summed E-state index contributed by atoms with van der Waals surface area (Å²) in [6.45, 7) is 2.83. The number of likely N-dealkylation sites (tertiary alicyclic amines) is 1. The third kappa shape index (κ3) is 3.69. The molecule has 2 aliphatic heterocycles. The van der Waals surface area contributed by atoms with Gasteiger partial charge in [0.15, 0.2) is 0 Å². The van der Waals surface area contributed by atoms with Crippen LogP contribution in [0.2, 0.25) is 0 Å². The molecule has 1 amide bonds. The maximum absolute atomic E-state index is 11.0. The molecule has 2 aromatic rings. The first-order valence-corrected chi connectivity index (χ1v) is 9.29. The summed E-state index contributed by atoms with van der Waals surface area (Å²) >= 11 is 0. The lowest BCUT2D eigenvalue weighted by atomic mass is 9.86. The Labute approximate surface area is 159 Å². The first-order valence-electron chi connectivity index (χ1n) is 9.29. The Morgan fingerprint density at radius 2 is 1.93 bits per heavy atom.